The lowest BCUT2D eigenvalue weighted by Gasteiger charge is -2.30. The third-order valence-electron chi connectivity index (χ3n) is 4.71. The van der Waals surface area contributed by atoms with Gasteiger partial charge in [0.2, 0.25) is 0 Å². The van der Waals surface area contributed by atoms with Crippen LogP contribution in [-0.2, 0) is 6.54 Å². The molecule has 0 aromatic heterocycles. The quantitative estimate of drug-likeness (QED) is 0.146. The molecule has 0 amide bonds. The van der Waals surface area contributed by atoms with Gasteiger partial charge in [0.15, 0.2) is 5.96 Å². The van der Waals surface area contributed by atoms with E-state index in [1.54, 1.807) is 12.1 Å². The minimum atomic E-state index is -0.377. The number of rotatable bonds is 8. The van der Waals surface area contributed by atoms with Crippen molar-refractivity contribution >= 4 is 35.6 Å². The predicted octanol–water partition coefficient (Wildman–Crippen LogP) is 3.39. The highest BCUT2D eigenvalue weighted by Crippen LogP contribution is 2.16. The number of likely N-dealkylation sites (tertiary alicyclic amines) is 1. The van der Waals surface area contributed by atoms with Crippen molar-refractivity contribution in [2.24, 2.45) is 10.9 Å². The van der Waals surface area contributed by atoms with E-state index in [0.717, 1.165) is 43.5 Å². The molecule has 0 bridgehead atoms. The molecule has 8 heteroatoms. The second-order valence-corrected chi connectivity index (χ2v) is 6.93. The van der Waals surface area contributed by atoms with E-state index in [4.69, 9.17) is 0 Å². The minimum Gasteiger partial charge on any atom is -0.357 e. The van der Waals surface area contributed by atoms with Crippen molar-refractivity contribution in [3.8, 4) is 0 Å². The number of hydrogen-bond donors (Lipinski definition) is 2. The zero-order valence-corrected chi connectivity index (χ0v) is 18.6. The highest BCUT2D eigenvalue weighted by atomic mass is 127. The Bertz CT molecular complexity index is 604. The molecule has 7 nitrogen and oxygen atoms in total. The summed E-state index contributed by atoms with van der Waals surface area (Å²) in [4.78, 5) is 17.6. The van der Waals surface area contributed by atoms with Gasteiger partial charge in [-0.15, -0.1) is 24.0 Å². The zero-order valence-electron chi connectivity index (χ0n) is 16.3. The molecule has 0 atom stereocenters. The van der Waals surface area contributed by atoms with E-state index in [1.165, 1.54) is 32.0 Å². The second kappa shape index (κ2) is 12.9. The average Bonchev–Trinajstić information content (AvgIpc) is 2.64. The van der Waals surface area contributed by atoms with Crippen LogP contribution in [-0.4, -0.2) is 48.5 Å². The highest BCUT2D eigenvalue weighted by Gasteiger charge is 2.14. The van der Waals surface area contributed by atoms with Crippen LogP contribution in [0.4, 0.5) is 5.69 Å². The van der Waals surface area contributed by atoms with Crippen LogP contribution in [0.25, 0.3) is 0 Å². The molecule has 152 valence electrons. The fraction of sp³-hybridized carbons (Fsp3) is 0.632. The monoisotopic (exact) mass is 489 g/mol. The van der Waals surface area contributed by atoms with Crippen molar-refractivity contribution in [2.75, 3.05) is 32.7 Å². The normalized spacial score (nSPS) is 15.9. The zero-order chi connectivity index (χ0) is 18.8. The molecule has 1 saturated heterocycles. The summed E-state index contributed by atoms with van der Waals surface area (Å²) < 4.78 is 0. The number of nitro groups is 1. The Morgan fingerprint density at radius 3 is 2.74 bits per heavy atom. The van der Waals surface area contributed by atoms with Crippen molar-refractivity contribution in [2.45, 2.75) is 39.7 Å². The molecule has 1 aromatic rings. The summed E-state index contributed by atoms with van der Waals surface area (Å²) in [6, 6.07) is 6.63. The van der Waals surface area contributed by atoms with Gasteiger partial charge in [-0.05, 0) is 57.3 Å². The number of non-ortho nitro benzene ring substituents is 1. The topological polar surface area (TPSA) is 82.8 Å². The Hall–Kier alpha value is -1.42. The Labute approximate surface area is 179 Å². The lowest BCUT2D eigenvalue weighted by molar-refractivity contribution is -0.384. The molecule has 0 spiro atoms. The number of hydrogen-bond acceptors (Lipinski definition) is 4. The van der Waals surface area contributed by atoms with Gasteiger partial charge in [0.05, 0.1) is 11.5 Å². The Balaban J connectivity index is 0.00000364. The van der Waals surface area contributed by atoms with E-state index in [2.05, 4.69) is 27.4 Å². The van der Waals surface area contributed by atoms with Gasteiger partial charge in [-0.25, -0.2) is 4.99 Å². The minimum absolute atomic E-state index is 0. The third kappa shape index (κ3) is 8.87. The molecule has 1 aliphatic rings. The van der Waals surface area contributed by atoms with Crippen LogP contribution in [0, 0.1) is 16.0 Å². The van der Waals surface area contributed by atoms with Crippen LogP contribution in [0.1, 0.15) is 38.7 Å². The van der Waals surface area contributed by atoms with Crippen LogP contribution >= 0.6 is 24.0 Å². The first-order chi connectivity index (χ1) is 12.6. The smallest absolute Gasteiger partial charge is 0.269 e. The van der Waals surface area contributed by atoms with Gasteiger partial charge in [-0.1, -0.05) is 19.1 Å². The standard InChI is InChI=1S/C19H31N5O2.HI/c1-3-20-19(21-10-5-11-23-12-8-16(2)9-13-23)22-15-17-6-4-7-18(14-17)24(25)26;/h4,6-7,14,16H,3,5,8-13,15H2,1-2H3,(H2,20,21,22);1H. The van der Waals surface area contributed by atoms with Crippen molar-refractivity contribution < 1.29 is 4.92 Å². The molecule has 27 heavy (non-hydrogen) atoms. The van der Waals surface area contributed by atoms with Crippen LogP contribution in [0.3, 0.4) is 0 Å². The molecule has 0 aliphatic carbocycles. The predicted molar refractivity (Wildman–Crippen MR) is 121 cm³/mol. The summed E-state index contributed by atoms with van der Waals surface area (Å²) in [5, 5.41) is 17.4. The number of nitrogens with zero attached hydrogens (tertiary/aromatic N) is 3. The van der Waals surface area contributed by atoms with Gasteiger partial charge < -0.3 is 15.5 Å². The van der Waals surface area contributed by atoms with E-state index in [9.17, 15) is 10.1 Å². The maximum Gasteiger partial charge on any atom is 0.269 e. The lowest BCUT2D eigenvalue weighted by atomic mass is 9.99. The van der Waals surface area contributed by atoms with Crippen molar-refractivity contribution in [3.63, 3.8) is 0 Å². The van der Waals surface area contributed by atoms with Gasteiger partial charge in [0.25, 0.3) is 5.69 Å². The van der Waals surface area contributed by atoms with Crippen LogP contribution < -0.4 is 10.6 Å². The van der Waals surface area contributed by atoms with E-state index >= 15 is 0 Å². The van der Waals surface area contributed by atoms with Gasteiger partial charge in [-0.3, -0.25) is 10.1 Å². The summed E-state index contributed by atoms with van der Waals surface area (Å²) in [5.41, 5.74) is 0.936. The Morgan fingerprint density at radius 2 is 2.07 bits per heavy atom. The molecule has 0 unspecified atom stereocenters. The molecule has 1 aliphatic heterocycles. The third-order valence-corrected chi connectivity index (χ3v) is 4.71. The SMILES string of the molecule is CCNC(=NCc1cccc([N+](=O)[O-])c1)NCCCN1CCC(C)CC1.I. The van der Waals surface area contributed by atoms with E-state index < -0.39 is 0 Å². The maximum atomic E-state index is 10.9. The Morgan fingerprint density at radius 1 is 1.33 bits per heavy atom. The largest absolute Gasteiger partial charge is 0.357 e. The van der Waals surface area contributed by atoms with Gasteiger partial charge >= 0.3 is 0 Å². The number of nitro benzene ring substituents is 1. The molecule has 2 N–H and O–H groups in total. The maximum absolute atomic E-state index is 10.9. The van der Waals surface area contributed by atoms with Crippen molar-refractivity contribution in [1.29, 1.82) is 0 Å². The molecule has 1 heterocycles. The number of halogens is 1. The van der Waals surface area contributed by atoms with Gasteiger partial charge in [0.1, 0.15) is 0 Å². The average molecular weight is 489 g/mol. The Kier molecular flexibility index (Phi) is 11.3. The first-order valence-corrected chi connectivity index (χ1v) is 9.56. The molecule has 0 saturated carbocycles. The van der Waals surface area contributed by atoms with E-state index in [0.29, 0.717) is 6.54 Å². The molecule has 1 fully saturated rings. The molecule has 2 rings (SSSR count). The number of guanidine groups is 1. The van der Waals surface area contributed by atoms with E-state index in [1.807, 2.05) is 13.0 Å². The highest BCUT2D eigenvalue weighted by molar-refractivity contribution is 14.0. The molecule has 0 radical (unpaired) electrons. The van der Waals surface area contributed by atoms with Crippen LogP contribution in [0.5, 0.6) is 0 Å². The van der Waals surface area contributed by atoms with Gasteiger partial charge in [-0.2, -0.15) is 0 Å². The van der Waals surface area contributed by atoms with Crippen LogP contribution in [0.15, 0.2) is 29.3 Å². The molecule has 1 aromatic carbocycles. The van der Waals surface area contributed by atoms with E-state index in [-0.39, 0.29) is 34.6 Å². The fourth-order valence-electron chi connectivity index (χ4n) is 3.08. The summed E-state index contributed by atoms with van der Waals surface area (Å²) in [6.07, 6.45) is 3.69. The number of nitrogens with one attached hydrogen (secondary N) is 2. The molecular formula is C19H32IN5O2. The van der Waals surface area contributed by atoms with Crippen molar-refractivity contribution in [3.05, 3.63) is 39.9 Å². The summed E-state index contributed by atoms with van der Waals surface area (Å²) in [5.74, 6) is 1.62. The van der Waals surface area contributed by atoms with Crippen molar-refractivity contribution in [1.82, 2.24) is 15.5 Å². The number of benzene rings is 1. The fourth-order valence-corrected chi connectivity index (χ4v) is 3.08. The number of piperidine rings is 1. The van der Waals surface area contributed by atoms with Crippen LogP contribution in [0.2, 0.25) is 0 Å². The summed E-state index contributed by atoms with van der Waals surface area (Å²) in [6.45, 7) is 9.96. The molecular weight excluding hydrogens is 457 g/mol. The summed E-state index contributed by atoms with van der Waals surface area (Å²) >= 11 is 0. The lowest BCUT2D eigenvalue weighted by Crippen LogP contribution is -2.39. The number of aliphatic imine (C=N–C) groups is 1. The summed E-state index contributed by atoms with van der Waals surface area (Å²) in [7, 11) is 0. The second-order valence-electron chi connectivity index (χ2n) is 6.93. The first-order valence-electron chi connectivity index (χ1n) is 9.56. The first kappa shape index (κ1) is 23.6. The van der Waals surface area contributed by atoms with Gasteiger partial charge in [0, 0.05) is 25.2 Å².